The Hall–Kier alpha value is -1.93. The monoisotopic (exact) mass is 822 g/mol. The van der Waals surface area contributed by atoms with Crippen LogP contribution in [0.15, 0.2) is 12.2 Å². The van der Waals surface area contributed by atoms with E-state index in [0.29, 0.717) is 12.8 Å². The number of allylic oxidation sites excluding steroid dienone is 2. The third-order valence-electron chi connectivity index (χ3n) is 11.4. The Morgan fingerprint density at radius 2 is 0.862 bits per heavy atom. The summed E-state index contributed by atoms with van der Waals surface area (Å²) in [6.07, 6.45) is 45.2. The largest absolute Gasteiger partial charge is 0.544 e. The summed E-state index contributed by atoms with van der Waals surface area (Å²) in [6.45, 7) is 4.69. The van der Waals surface area contributed by atoms with Gasteiger partial charge in [-0.15, -0.1) is 0 Å². The fourth-order valence-electron chi connectivity index (χ4n) is 7.54. The molecule has 0 saturated carbocycles. The molecule has 0 aliphatic carbocycles. The van der Waals surface area contributed by atoms with Crippen molar-refractivity contribution in [1.82, 2.24) is 0 Å². The van der Waals surface area contributed by atoms with Crippen LogP contribution in [0.3, 0.4) is 0 Å². The minimum absolute atomic E-state index is 0.0455. The number of carbonyl (C=O) groups excluding carboxylic acids is 3. The van der Waals surface area contributed by atoms with E-state index in [1.165, 1.54) is 167 Å². The number of likely N-dealkylation sites (N-methyl/N-ethyl adjacent to an activating group) is 1. The summed E-state index contributed by atoms with van der Waals surface area (Å²) in [5.74, 6) is -1.72. The van der Waals surface area contributed by atoms with Gasteiger partial charge in [-0.3, -0.25) is 9.59 Å². The fraction of sp³-hybridized carbons (Fsp3) is 0.900. The quantitative estimate of drug-likeness (QED) is 0.0261. The first-order valence-corrected chi connectivity index (χ1v) is 24.7. The molecular formula is C50H95NO7. The van der Waals surface area contributed by atoms with Gasteiger partial charge in [0.05, 0.1) is 40.3 Å². The highest BCUT2D eigenvalue weighted by atomic mass is 16.6. The van der Waals surface area contributed by atoms with Crippen LogP contribution in [0.1, 0.15) is 239 Å². The first kappa shape index (κ1) is 56.1. The number of carboxylic acid groups (broad SMARTS) is 1. The number of rotatable bonds is 45. The Bertz CT molecular complexity index is 962. The van der Waals surface area contributed by atoms with Gasteiger partial charge in [0.15, 0.2) is 6.10 Å². The summed E-state index contributed by atoms with van der Waals surface area (Å²) in [7, 11) is 5.42. The lowest BCUT2D eigenvalue weighted by Gasteiger charge is -2.34. The van der Waals surface area contributed by atoms with Crippen molar-refractivity contribution in [1.29, 1.82) is 0 Å². The highest BCUT2D eigenvalue weighted by Crippen LogP contribution is 2.16. The lowest BCUT2D eigenvalue weighted by molar-refractivity contribution is -0.889. The number of quaternary nitrogens is 1. The molecule has 0 saturated heterocycles. The van der Waals surface area contributed by atoms with Crippen LogP contribution in [-0.2, 0) is 28.6 Å². The van der Waals surface area contributed by atoms with Crippen molar-refractivity contribution in [2.24, 2.45) is 0 Å². The maximum atomic E-state index is 12.8. The molecule has 342 valence electrons. The number of esters is 2. The molecule has 58 heavy (non-hydrogen) atoms. The van der Waals surface area contributed by atoms with Gasteiger partial charge < -0.3 is 28.6 Å². The molecule has 0 aromatic rings. The molecule has 0 radical (unpaired) electrons. The molecule has 8 heteroatoms. The molecule has 0 heterocycles. The predicted molar refractivity (Wildman–Crippen MR) is 241 cm³/mol. The van der Waals surface area contributed by atoms with Gasteiger partial charge in [-0.2, -0.15) is 0 Å². The lowest BCUT2D eigenvalue weighted by atomic mass is 10.0. The van der Waals surface area contributed by atoms with E-state index in [1.54, 1.807) is 0 Å². The maximum Gasteiger partial charge on any atom is 0.306 e. The van der Waals surface area contributed by atoms with Gasteiger partial charge >= 0.3 is 11.9 Å². The molecule has 2 atom stereocenters. The van der Waals surface area contributed by atoms with E-state index in [4.69, 9.17) is 14.2 Å². The standard InChI is InChI=1S/C50H95NO7/c1-6-8-10-12-14-16-18-20-22-23-24-25-27-29-31-33-35-37-39-41-49(53)58-46(44-56-43-42-47(50(54)55)51(3,4)5)45-57-48(52)40-38-36-34-32-30-28-26-21-19-17-15-13-11-9-7-2/h17,19,46-47H,6-16,18,20-45H2,1-5H3/b19-17+. The highest BCUT2D eigenvalue weighted by molar-refractivity contribution is 5.70. The zero-order valence-corrected chi connectivity index (χ0v) is 39.0. The second-order valence-corrected chi connectivity index (χ2v) is 18.1. The van der Waals surface area contributed by atoms with Crippen LogP contribution in [0.2, 0.25) is 0 Å². The van der Waals surface area contributed by atoms with Crippen molar-refractivity contribution >= 4 is 17.9 Å². The number of carbonyl (C=O) groups is 3. The maximum absolute atomic E-state index is 12.8. The van der Waals surface area contributed by atoms with Gasteiger partial charge in [-0.1, -0.05) is 193 Å². The van der Waals surface area contributed by atoms with E-state index in [1.807, 2.05) is 21.1 Å². The summed E-state index contributed by atoms with van der Waals surface area (Å²) >= 11 is 0. The van der Waals surface area contributed by atoms with Crippen molar-refractivity contribution in [3.05, 3.63) is 12.2 Å². The summed E-state index contributed by atoms with van der Waals surface area (Å²) < 4.78 is 17.2. The van der Waals surface area contributed by atoms with Crippen LogP contribution in [0.4, 0.5) is 0 Å². The van der Waals surface area contributed by atoms with Gasteiger partial charge in [-0.05, 0) is 38.5 Å². The zero-order valence-electron chi connectivity index (χ0n) is 39.0. The van der Waals surface area contributed by atoms with Gasteiger partial charge in [0.1, 0.15) is 12.6 Å². The number of aliphatic carboxylic acids is 1. The molecule has 0 aromatic heterocycles. The van der Waals surface area contributed by atoms with Crippen LogP contribution in [0.5, 0.6) is 0 Å². The molecule has 0 aliphatic heterocycles. The molecule has 2 unspecified atom stereocenters. The Kier molecular flexibility index (Phi) is 40.4. The Balaban J connectivity index is 4.23. The summed E-state index contributed by atoms with van der Waals surface area (Å²) in [5.41, 5.74) is 0. The number of ether oxygens (including phenoxy) is 3. The Morgan fingerprint density at radius 1 is 0.500 bits per heavy atom. The average molecular weight is 822 g/mol. The van der Waals surface area contributed by atoms with Crippen LogP contribution < -0.4 is 5.11 Å². The second kappa shape index (κ2) is 41.8. The van der Waals surface area contributed by atoms with E-state index < -0.39 is 18.1 Å². The van der Waals surface area contributed by atoms with Gasteiger partial charge in [0.25, 0.3) is 0 Å². The fourth-order valence-corrected chi connectivity index (χ4v) is 7.54. The molecule has 0 amide bonds. The molecular weight excluding hydrogens is 727 g/mol. The van der Waals surface area contributed by atoms with E-state index >= 15 is 0 Å². The summed E-state index contributed by atoms with van der Waals surface area (Å²) in [4.78, 5) is 37.0. The van der Waals surface area contributed by atoms with Crippen LogP contribution in [-0.4, -0.2) is 75.5 Å². The molecule has 0 N–H and O–H groups in total. The van der Waals surface area contributed by atoms with Crippen LogP contribution in [0.25, 0.3) is 0 Å². The first-order chi connectivity index (χ1) is 28.1. The van der Waals surface area contributed by atoms with Crippen molar-refractivity contribution in [2.75, 3.05) is 41.0 Å². The Morgan fingerprint density at radius 3 is 1.26 bits per heavy atom. The molecule has 8 nitrogen and oxygen atoms in total. The van der Waals surface area contributed by atoms with Crippen molar-refractivity contribution < 1.29 is 38.2 Å². The normalized spacial score (nSPS) is 12.9. The topological polar surface area (TPSA) is 102 Å². The van der Waals surface area contributed by atoms with Gasteiger partial charge in [0.2, 0.25) is 0 Å². The number of unbranched alkanes of at least 4 members (excludes halogenated alkanes) is 29. The molecule has 0 fully saturated rings. The van der Waals surface area contributed by atoms with Crippen molar-refractivity contribution in [3.63, 3.8) is 0 Å². The van der Waals surface area contributed by atoms with Gasteiger partial charge in [0, 0.05) is 19.3 Å². The second-order valence-electron chi connectivity index (χ2n) is 18.1. The lowest BCUT2D eigenvalue weighted by Crippen LogP contribution is -2.55. The Labute approximate surface area is 359 Å². The minimum atomic E-state index is -1.12. The third kappa shape index (κ3) is 39.5. The summed E-state index contributed by atoms with van der Waals surface area (Å²) in [5, 5.41) is 11.6. The molecule has 0 aliphatic rings. The zero-order chi connectivity index (χ0) is 42.8. The van der Waals surface area contributed by atoms with Gasteiger partial charge in [-0.25, -0.2) is 0 Å². The molecule has 0 rings (SSSR count). The third-order valence-corrected chi connectivity index (χ3v) is 11.4. The molecule has 0 aromatic carbocycles. The van der Waals surface area contributed by atoms with E-state index in [2.05, 4.69) is 26.0 Å². The van der Waals surface area contributed by atoms with E-state index in [9.17, 15) is 19.5 Å². The van der Waals surface area contributed by atoms with E-state index in [-0.39, 0.29) is 42.7 Å². The number of nitrogens with zero attached hydrogens (tertiary/aromatic N) is 1. The van der Waals surface area contributed by atoms with Crippen LogP contribution in [0, 0.1) is 0 Å². The van der Waals surface area contributed by atoms with Crippen molar-refractivity contribution in [2.45, 2.75) is 251 Å². The average Bonchev–Trinajstić information content (AvgIpc) is 3.18. The van der Waals surface area contributed by atoms with Crippen molar-refractivity contribution in [3.8, 4) is 0 Å². The first-order valence-electron chi connectivity index (χ1n) is 24.7. The van der Waals surface area contributed by atoms with E-state index in [0.717, 1.165) is 38.5 Å². The summed E-state index contributed by atoms with van der Waals surface area (Å²) in [6, 6.07) is -0.722. The number of hydrogen-bond acceptors (Lipinski definition) is 7. The smallest absolute Gasteiger partial charge is 0.306 e. The number of hydrogen-bond donors (Lipinski definition) is 0. The molecule has 0 bridgehead atoms. The highest BCUT2D eigenvalue weighted by Gasteiger charge is 2.25. The van der Waals surface area contributed by atoms with Crippen LogP contribution >= 0.6 is 0 Å². The SMILES string of the molecule is CCCCCC/C=C/CCCCCCCCCC(=O)OCC(COCCC(C(=O)[O-])[N+](C)(C)C)OC(=O)CCCCCCCCCCCCCCCCCCCCC. The number of carboxylic acids is 1. The minimum Gasteiger partial charge on any atom is -0.544 e. The molecule has 0 spiro atoms. The predicted octanol–water partition coefficient (Wildman–Crippen LogP) is 12.5.